The number of carbonyl (C=O) groups excluding carboxylic acids is 1. The van der Waals surface area contributed by atoms with Gasteiger partial charge >= 0.3 is 0 Å². The highest BCUT2D eigenvalue weighted by atomic mass is 32.2. The van der Waals surface area contributed by atoms with Crippen molar-refractivity contribution in [1.29, 1.82) is 0 Å². The molecule has 1 amide bonds. The molecule has 0 aliphatic carbocycles. The van der Waals surface area contributed by atoms with Crippen LogP contribution in [0.2, 0.25) is 0 Å². The maximum atomic E-state index is 12.4. The normalized spacial score (nSPS) is 11.2. The van der Waals surface area contributed by atoms with Crippen LogP contribution in [0.25, 0.3) is 10.2 Å². The quantitative estimate of drug-likeness (QED) is 0.452. The third-order valence-electron chi connectivity index (χ3n) is 4.17. The van der Waals surface area contributed by atoms with E-state index in [1.165, 1.54) is 5.56 Å². The first-order valence-electron chi connectivity index (χ1n) is 8.45. The Kier molecular flexibility index (Phi) is 5.29. The third kappa shape index (κ3) is 4.23. The Morgan fingerprint density at radius 3 is 2.93 bits per heavy atom. The summed E-state index contributed by atoms with van der Waals surface area (Å²) in [6, 6.07) is 9.76. The molecule has 4 aromatic rings. The monoisotopic (exact) mass is 414 g/mol. The molecule has 3 aromatic heterocycles. The van der Waals surface area contributed by atoms with Crippen molar-refractivity contribution in [3.8, 4) is 0 Å². The number of anilines is 1. The molecule has 1 N–H and O–H groups in total. The van der Waals surface area contributed by atoms with Crippen molar-refractivity contribution in [1.82, 2.24) is 14.8 Å². The summed E-state index contributed by atoms with van der Waals surface area (Å²) in [4.78, 5) is 17.1. The standard InChI is InChI=1S/C19H18N4OS3/c1-12-9-16(22-23(12)2)18(24)20-14-3-4-15-17(10-14)27-19(21-15)26-8-6-13-5-7-25-11-13/h3-5,7,9-11H,6,8H2,1-2H3,(H,20,24). The summed E-state index contributed by atoms with van der Waals surface area (Å²) in [5.41, 5.74) is 4.47. The van der Waals surface area contributed by atoms with Gasteiger partial charge in [0.05, 0.1) is 10.2 Å². The van der Waals surface area contributed by atoms with E-state index in [9.17, 15) is 4.79 Å². The van der Waals surface area contributed by atoms with E-state index in [4.69, 9.17) is 0 Å². The van der Waals surface area contributed by atoms with Gasteiger partial charge < -0.3 is 5.32 Å². The van der Waals surface area contributed by atoms with E-state index >= 15 is 0 Å². The van der Waals surface area contributed by atoms with Crippen LogP contribution in [0.15, 0.2) is 45.4 Å². The summed E-state index contributed by atoms with van der Waals surface area (Å²) in [5, 5.41) is 11.4. The number of aryl methyl sites for hydroxylation is 3. The Morgan fingerprint density at radius 1 is 1.30 bits per heavy atom. The molecule has 0 saturated carbocycles. The molecule has 0 unspecified atom stereocenters. The maximum Gasteiger partial charge on any atom is 0.276 e. The SMILES string of the molecule is Cc1cc(C(=O)Nc2ccc3nc(SCCc4ccsc4)sc3c2)nn1C. The second kappa shape index (κ2) is 7.84. The van der Waals surface area contributed by atoms with E-state index in [2.05, 4.69) is 32.2 Å². The molecule has 3 heterocycles. The van der Waals surface area contributed by atoms with E-state index < -0.39 is 0 Å². The minimum absolute atomic E-state index is 0.201. The van der Waals surface area contributed by atoms with Gasteiger partial charge in [-0.2, -0.15) is 16.4 Å². The van der Waals surface area contributed by atoms with Crippen LogP contribution in [-0.2, 0) is 13.5 Å². The first kappa shape index (κ1) is 18.2. The number of thioether (sulfide) groups is 1. The molecule has 0 bridgehead atoms. The van der Waals surface area contributed by atoms with Crippen molar-refractivity contribution in [2.45, 2.75) is 17.7 Å². The first-order valence-corrected chi connectivity index (χ1v) is 11.2. The molecular weight excluding hydrogens is 396 g/mol. The van der Waals surface area contributed by atoms with Crippen LogP contribution in [0, 0.1) is 6.92 Å². The van der Waals surface area contributed by atoms with Crippen molar-refractivity contribution in [2.75, 3.05) is 11.1 Å². The zero-order valence-corrected chi connectivity index (χ0v) is 17.4. The maximum absolute atomic E-state index is 12.4. The lowest BCUT2D eigenvalue weighted by Crippen LogP contribution is -2.12. The van der Waals surface area contributed by atoms with Gasteiger partial charge in [-0.25, -0.2) is 4.98 Å². The summed E-state index contributed by atoms with van der Waals surface area (Å²) in [6.45, 7) is 1.92. The number of nitrogens with zero attached hydrogens (tertiary/aromatic N) is 3. The van der Waals surface area contributed by atoms with Gasteiger partial charge in [0.15, 0.2) is 10.0 Å². The molecule has 0 fully saturated rings. The van der Waals surface area contributed by atoms with Crippen LogP contribution >= 0.6 is 34.4 Å². The number of hydrogen-bond acceptors (Lipinski definition) is 6. The highest BCUT2D eigenvalue weighted by Crippen LogP contribution is 2.31. The van der Waals surface area contributed by atoms with Crippen LogP contribution in [0.5, 0.6) is 0 Å². The molecule has 1 aromatic carbocycles. The van der Waals surface area contributed by atoms with E-state index in [0.717, 1.165) is 38.1 Å². The number of aromatic nitrogens is 3. The summed E-state index contributed by atoms with van der Waals surface area (Å²) in [6.07, 6.45) is 1.05. The lowest BCUT2D eigenvalue weighted by atomic mass is 10.3. The summed E-state index contributed by atoms with van der Waals surface area (Å²) < 4.78 is 3.83. The fourth-order valence-electron chi connectivity index (χ4n) is 2.60. The smallest absolute Gasteiger partial charge is 0.276 e. The second-order valence-corrected chi connectivity index (χ2v) is 9.29. The van der Waals surface area contributed by atoms with Crippen LogP contribution in [-0.4, -0.2) is 26.4 Å². The molecule has 0 spiro atoms. The number of rotatable bonds is 6. The van der Waals surface area contributed by atoms with E-state index in [1.54, 1.807) is 45.2 Å². The Hall–Kier alpha value is -2.16. The Labute approximate surface area is 169 Å². The van der Waals surface area contributed by atoms with Gasteiger partial charge in [-0.15, -0.1) is 11.3 Å². The number of carbonyl (C=O) groups is 1. The highest BCUT2D eigenvalue weighted by Gasteiger charge is 2.12. The average molecular weight is 415 g/mol. The van der Waals surface area contributed by atoms with Crippen LogP contribution in [0.4, 0.5) is 5.69 Å². The number of fused-ring (bicyclic) bond motifs is 1. The first-order chi connectivity index (χ1) is 13.1. The molecular formula is C19H18N4OS3. The summed E-state index contributed by atoms with van der Waals surface area (Å²) in [5.74, 6) is 0.812. The lowest BCUT2D eigenvalue weighted by molar-refractivity contribution is 0.102. The Bertz CT molecular complexity index is 1060. The topological polar surface area (TPSA) is 59.8 Å². The van der Waals surface area contributed by atoms with Crippen molar-refractivity contribution in [2.24, 2.45) is 7.05 Å². The fraction of sp³-hybridized carbons (Fsp3) is 0.211. The van der Waals surface area contributed by atoms with Gasteiger partial charge in [0, 0.05) is 24.2 Å². The summed E-state index contributed by atoms with van der Waals surface area (Å²) >= 11 is 5.17. The molecule has 0 aliphatic rings. The van der Waals surface area contributed by atoms with Crippen LogP contribution in [0.3, 0.4) is 0 Å². The van der Waals surface area contributed by atoms with Gasteiger partial charge in [-0.1, -0.05) is 11.8 Å². The van der Waals surface area contributed by atoms with Crippen molar-refractivity contribution >= 4 is 56.2 Å². The average Bonchev–Trinajstić information content (AvgIpc) is 3.36. The third-order valence-corrected chi connectivity index (χ3v) is 7.06. The second-order valence-electron chi connectivity index (χ2n) is 6.14. The van der Waals surface area contributed by atoms with Crippen LogP contribution in [0.1, 0.15) is 21.7 Å². The molecule has 8 heteroatoms. The van der Waals surface area contributed by atoms with Crippen molar-refractivity contribution < 1.29 is 4.79 Å². The molecule has 0 atom stereocenters. The zero-order valence-electron chi connectivity index (χ0n) is 14.9. The molecule has 0 saturated heterocycles. The number of thiazole rings is 1. The van der Waals surface area contributed by atoms with E-state index in [0.29, 0.717) is 5.69 Å². The van der Waals surface area contributed by atoms with Gasteiger partial charge in [0.2, 0.25) is 0 Å². The molecule has 27 heavy (non-hydrogen) atoms. The van der Waals surface area contributed by atoms with Gasteiger partial charge in [0.1, 0.15) is 0 Å². The van der Waals surface area contributed by atoms with Gasteiger partial charge in [-0.3, -0.25) is 9.48 Å². The van der Waals surface area contributed by atoms with Crippen LogP contribution < -0.4 is 5.32 Å². The number of thiophene rings is 1. The predicted octanol–water partition coefficient (Wildman–Crippen LogP) is 4.99. The number of hydrogen-bond donors (Lipinski definition) is 1. The Balaban J connectivity index is 1.43. The number of nitrogens with one attached hydrogen (secondary N) is 1. The van der Waals surface area contributed by atoms with E-state index in [-0.39, 0.29) is 5.91 Å². The molecule has 0 aliphatic heterocycles. The predicted molar refractivity (Wildman–Crippen MR) is 114 cm³/mol. The van der Waals surface area contributed by atoms with Crippen molar-refractivity contribution in [3.63, 3.8) is 0 Å². The molecule has 4 rings (SSSR count). The minimum atomic E-state index is -0.201. The van der Waals surface area contributed by atoms with Crippen molar-refractivity contribution in [3.05, 3.63) is 58.0 Å². The largest absolute Gasteiger partial charge is 0.321 e. The number of benzene rings is 1. The van der Waals surface area contributed by atoms with Gasteiger partial charge in [0.25, 0.3) is 5.91 Å². The Morgan fingerprint density at radius 2 is 2.19 bits per heavy atom. The number of amides is 1. The fourth-order valence-corrected chi connectivity index (χ4v) is 5.47. The highest BCUT2D eigenvalue weighted by molar-refractivity contribution is 8.01. The zero-order chi connectivity index (χ0) is 18.8. The minimum Gasteiger partial charge on any atom is -0.321 e. The molecule has 0 radical (unpaired) electrons. The van der Waals surface area contributed by atoms with Gasteiger partial charge in [-0.05, 0) is 60.0 Å². The molecule has 138 valence electrons. The molecule has 5 nitrogen and oxygen atoms in total. The lowest BCUT2D eigenvalue weighted by Gasteiger charge is -2.02. The summed E-state index contributed by atoms with van der Waals surface area (Å²) in [7, 11) is 1.83. The van der Waals surface area contributed by atoms with E-state index in [1.807, 2.05) is 32.2 Å².